The van der Waals surface area contributed by atoms with Crippen LogP contribution in [0.4, 0.5) is 0 Å². The zero-order valence-electron chi connectivity index (χ0n) is 14.1. The molecule has 3 aromatic rings. The summed E-state index contributed by atoms with van der Waals surface area (Å²) in [6.45, 7) is 0. The summed E-state index contributed by atoms with van der Waals surface area (Å²) in [7, 11) is 0. The molecule has 140 valence electrons. The molecule has 0 saturated carbocycles. The number of rotatable bonds is 1. The molecule has 7 nitrogen and oxygen atoms in total. The van der Waals surface area contributed by atoms with Crippen molar-refractivity contribution in [3.05, 3.63) is 76.9 Å². The summed E-state index contributed by atoms with van der Waals surface area (Å²) in [5, 5.41) is 19.9. The van der Waals surface area contributed by atoms with Crippen molar-refractivity contribution in [2.45, 2.75) is 10.5 Å². The van der Waals surface area contributed by atoms with E-state index >= 15 is 0 Å². The van der Waals surface area contributed by atoms with Crippen LogP contribution in [0.2, 0.25) is 0 Å². The fraction of sp³-hybridized carbons (Fsp3) is 0.0500. The molecule has 0 amide bonds. The Hall–Kier alpha value is -3.36. The molecule has 1 spiro atoms. The van der Waals surface area contributed by atoms with Gasteiger partial charge in [-0.05, 0) is 24.3 Å². The summed E-state index contributed by atoms with van der Waals surface area (Å²) in [5.41, 5.74) is -0.201. The molecule has 2 heterocycles. The molecule has 2 aliphatic rings. The normalized spacial score (nSPS) is 20.0. The number of hydrogen-bond acceptors (Lipinski definition) is 6. The Morgan fingerprint density at radius 1 is 0.893 bits per heavy atom. The van der Waals surface area contributed by atoms with Gasteiger partial charge in [-0.25, -0.2) is 9.00 Å². The summed E-state index contributed by atoms with van der Waals surface area (Å²) < 4.78 is 33.6. The minimum absolute atomic E-state index is 0.0556. The lowest BCUT2D eigenvalue weighted by Crippen LogP contribution is -2.34. The first kappa shape index (κ1) is 16.8. The molecule has 0 radical (unpaired) electrons. The first-order valence-corrected chi connectivity index (χ1v) is 9.35. The third-order valence-corrected chi connectivity index (χ3v) is 5.63. The van der Waals surface area contributed by atoms with E-state index in [1.54, 1.807) is 30.3 Å². The number of fused-ring (bicyclic) bond motifs is 6. The van der Waals surface area contributed by atoms with Crippen molar-refractivity contribution >= 4 is 17.0 Å². The van der Waals surface area contributed by atoms with E-state index in [9.17, 15) is 23.8 Å². The molecule has 8 heteroatoms. The lowest BCUT2D eigenvalue weighted by molar-refractivity contribution is 0.0214. The molecule has 2 aliphatic heterocycles. The average Bonchev–Trinajstić information content (AvgIpc) is 2.94. The van der Waals surface area contributed by atoms with E-state index in [4.69, 9.17) is 9.47 Å². The second-order valence-corrected chi connectivity index (χ2v) is 7.40. The van der Waals surface area contributed by atoms with Gasteiger partial charge in [0.15, 0.2) is 16.7 Å². The molecule has 3 aromatic carbocycles. The van der Waals surface area contributed by atoms with Crippen LogP contribution < -0.4 is 4.74 Å². The fourth-order valence-corrected chi connectivity index (χ4v) is 4.52. The Morgan fingerprint density at radius 2 is 1.64 bits per heavy atom. The van der Waals surface area contributed by atoms with Crippen LogP contribution in [0, 0.1) is 0 Å². The number of hydrogen-bond donors (Lipinski definition) is 3. The van der Waals surface area contributed by atoms with Crippen molar-refractivity contribution in [1.29, 1.82) is 0 Å². The average molecular weight is 396 g/mol. The van der Waals surface area contributed by atoms with Crippen molar-refractivity contribution in [3.8, 4) is 23.0 Å². The predicted molar refractivity (Wildman–Crippen MR) is 97.1 cm³/mol. The van der Waals surface area contributed by atoms with Gasteiger partial charge in [-0.1, -0.05) is 18.2 Å². The lowest BCUT2D eigenvalue weighted by Gasteiger charge is -2.37. The smallest absolute Gasteiger partial charge is 0.340 e. The molecule has 0 fully saturated rings. The van der Waals surface area contributed by atoms with E-state index in [1.807, 2.05) is 0 Å². The maximum absolute atomic E-state index is 12.7. The Balaban J connectivity index is 1.97. The van der Waals surface area contributed by atoms with Crippen LogP contribution >= 0.6 is 0 Å². The van der Waals surface area contributed by atoms with Gasteiger partial charge < -0.3 is 24.2 Å². The summed E-state index contributed by atoms with van der Waals surface area (Å²) >= 11 is -2.50. The molecule has 0 aromatic heterocycles. The van der Waals surface area contributed by atoms with Gasteiger partial charge in [-0.15, -0.1) is 0 Å². The van der Waals surface area contributed by atoms with Gasteiger partial charge in [-0.2, -0.15) is 0 Å². The standard InChI is InChI=1S/C20H12O7S/c21-10-5-6-14-15(7-10)26-16-8-11(22)9-17(28(24)25)18(16)20(14)13-4-2-1-3-12(13)19(23)27-20/h1-9,21-22H,(H,24,25). The number of ether oxygens (including phenoxy) is 2. The molecule has 0 saturated heterocycles. The van der Waals surface area contributed by atoms with Crippen molar-refractivity contribution in [1.82, 2.24) is 0 Å². The second kappa shape index (κ2) is 5.57. The van der Waals surface area contributed by atoms with Gasteiger partial charge in [0.05, 0.1) is 16.0 Å². The number of aromatic hydroxyl groups is 2. The molecular formula is C20H12O7S. The Bertz CT molecular complexity index is 1200. The predicted octanol–water partition coefficient (Wildman–Crippen LogP) is 3.25. The van der Waals surface area contributed by atoms with Gasteiger partial charge in [0, 0.05) is 23.3 Å². The molecule has 28 heavy (non-hydrogen) atoms. The summed E-state index contributed by atoms with van der Waals surface area (Å²) in [6.07, 6.45) is 0. The van der Waals surface area contributed by atoms with Gasteiger partial charge in [0.1, 0.15) is 23.0 Å². The first-order valence-electron chi connectivity index (χ1n) is 8.24. The van der Waals surface area contributed by atoms with Crippen molar-refractivity contribution in [3.63, 3.8) is 0 Å². The quantitative estimate of drug-likeness (QED) is 0.427. The number of carbonyl (C=O) groups is 1. The maximum Gasteiger partial charge on any atom is 0.340 e. The van der Waals surface area contributed by atoms with Crippen molar-refractivity contribution < 1.29 is 33.2 Å². The Kier molecular flexibility index (Phi) is 3.34. The number of benzene rings is 3. The highest BCUT2D eigenvalue weighted by Gasteiger charge is 2.55. The van der Waals surface area contributed by atoms with E-state index in [0.29, 0.717) is 16.7 Å². The zero-order chi connectivity index (χ0) is 19.6. The second-order valence-electron chi connectivity index (χ2n) is 6.47. The van der Waals surface area contributed by atoms with Gasteiger partial charge in [0.2, 0.25) is 0 Å². The summed E-state index contributed by atoms with van der Waals surface area (Å²) in [6, 6.07) is 13.5. The van der Waals surface area contributed by atoms with Crippen LogP contribution in [-0.4, -0.2) is 24.9 Å². The molecule has 0 aliphatic carbocycles. The van der Waals surface area contributed by atoms with Crippen molar-refractivity contribution in [2.75, 3.05) is 0 Å². The number of phenolic OH excluding ortho intramolecular Hbond substituents is 2. The minimum Gasteiger partial charge on any atom is -0.508 e. The van der Waals surface area contributed by atoms with E-state index in [1.165, 1.54) is 18.2 Å². The first-order chi connectivity index (χ1) is 13.4. The van der Waals surface area contributed by atoms with Crippen LogP contribution in [0.15, 0.2) is 59.5 Å². The van der Waals surface area contributed by atoms with Crippen LogP contribution in [0.1, 0.15) is 27.0 Å². The molecular weight excluding hydrogens is 384 g/mol. The van der Waals surface area contributed by atoms with Gasteiger partial charge in [0.25, 0.3) is 0 Å². The minimum atomic E-state index is -2.50. The van der Waals surface area contributed by atoms with Crippen LogP contribution in [0.3, 0.4) is 0 Å². The van der Waals surface area contributed by atoms with E-state index in [0.717, 1.165) is 6.07 Å². The van der Waals surface area contributed by atoms with Crippen LogP contribution in [0.5, 0.6) is 23.0 Å². The van der Waals surface area contributed by atoms with E-state index < -0.39 is 22.7 Å². The van der Waals surface area contributed by atoms with E-state index in [-0.39, 0.29) is 33.5 Å². The third kappa shape index (κ3) is 2.07. The summed E-state index contributed by atoms with van der Waals surface area (Å²) in [5.74, 6) is -0.684. The Morgan fingerprint density at radius 3 is 2.43 bits per heavy atom. The topological polar surface area (TPSA) is 113 Å². The largest absolute Gasteiger partial charge is 0.508 e. The third-order valence-electron chi connectivity index (χ3n) is 4.93. The van der Waals surface area contributed by atoms with E-state index in [2.05, 4.69) is 0 Å². The van der Waals surface area contributed by atoms with Crippen LogP contribution in [-0.2, 0) is 21.4 Å². The fourth-order valence-electron chi connectivity index (χ4n) is 3.88. The number of carbonyl (C=O) groups excluding carboxylic acids is 1. The zero-order valence-corrected chi connectivity index (χ0v) is 14.9. The van der Waals surface area contributed by atoms with Gasteiger partial charge >= 0.3 is 5.97 Å². The van der Waals surface area contributed by atoms with Gasteiger partial charge in [-0.3, -0.25) is 0 Å². The summed E-state index contributed by atoms with van der Waals surface area (Å²) in [4.78, 5) is 12.5. The lowest BCUT2D eigenvalue weighted by atomic mass is 9.77. The maximum atomic E-state index is 12.7. The molecule has 2 atom stereocenters. The Labute approximate surface area is 161 Å². The number of esters is 1. The number of phenols is 2. The molecule has 2 unspecified atom stereocenters. The molecule has 5 rings (SSSR count). The molecule has 3 N–H and O–H groups in total. The van der Waals surface area contributed by atoms with Crippen LogP contribution in [0.25, 0.3) is 0 Å². The highest BCUT2D eigenvalue weighted by Crippen LogP contribution is 2.58. The monoisotopic (exact) mass is 396 g/mol. The SMILES string of the molecule is O=C1OC2(c3ccc(O)cc3Oc3cc(O)cc(S(=O)O)c32)c2ccccc21. The highest BCUT2D eigenvalue weighted by atomic mass is 32.2. The molecule has 0 bridgehead atoms. The highest BCUT2D eigenvalue weighted by molar-refractivity contribution is 7.79. The van der Waals surface area contributed by atoms with Crippen molar-refractivity contribution in [2.24, 2.45) is 0 Å².